The highest BCUT2D eigenvalue weighted by Crippen LogP contribution is 2.49. The molecule has 2 nitrogen and oxygen atoms in total. The Labute approximate surface area is 108 Å². The molecule has 0 bridgehead atoms. The highest BCUT2D eigenvalue weighted by molar-refractivity contribution is 9.10. The van der Waals surface area contributed by atoms with Gasteiger partial charge < -0.3 is 0 Å². The Balaban J connectivity index is 2.24. The Bertz CT molecular complexity index is 578. The molecule has 0 N–H and O–H groups in total. The van der Waals surface area contributed by atoms with Gasteiger partial charge in [0.25, 0.3) is 0 Å². The zero-order valence-electron chi connectivity index (χ0n) is 9.12. The minimum absolute atomic E-state index is 0.0520. The first kappa shape index (κ1) is 11.7. The first-order valence-electron chi connectivity index (χ1n) is 5.71. The topological polar surface area (TPSA) is 34.1 Å². The van der Waals surface area contributed by atoms with Crippen LogP contribution in [0.15, 0.2) is 21.5 Å². The zero-order chi connectivity index (χ0) is 12.2. The molecule has 1 unspecified atom stereocenters. The van der Waals surface area contributed by atoms with Crippen LogP contribution in [-0.2, 0) is 9.84 Å². The monoisotopic (exact) mass is 318 g/mol. The third kappa shape index (κ3) is 1.93. The van der Waals surface area contributed by atoms with Crippen molar-refractivity contribution in [3.8, 4) is 0 Å². The number of halogens is 2. The largest absolute Gasteiger partial charge is 0.224 e. The molecule has 92 valence electrons. The molecule has 1 saturated carbocycles. The first-order chi connectivity index (χ1) is 7.99. The molecule has 3 rings (SSSR count). The summed E-state index contributed by atoms with van der Waals surface area (Å²) < 4.78 is 38.4. The minimum Gasteiger partial charge on any atom is -0.224 e. The van der Waals surface area contributed by atoms with Crippen LogP contribution in [-0.4, -0.2) is 14.2 Å². The highest BCUT2D eigenvalue weighted by Gasteiger charge is 2.40. The van der Waals surface area contributed by atoms with Gasteiger partial charge in [-0.3, -0.25) is 0 Å². The van der Waals surface area contributed by atoms with Crippen LogP contribution in [0.3, 0.4) is 0 Å². The fourth-order valence-corrected chi connectivity index (χ4v) is 4.85. The van der Waals surface area contributed by atoms with Crippen LogP contribution in [0.5, 0.6) is 0 Å². The lowest BCUT2D eigenvalue weighted by molar-refractivity contribution is 0.508. The average Bonchev–Trinajstić information content (AvgIpc) is 2.99. The van der Waals surface area contributed by atoms with E-state index in [4.69, 9.17) is 0 Å². The lowest BCUT2D eigenvalue weighted by Crippen LogP contribution is -2.22. The van der Waals surface area contributed by atoms with Gasteiger partial charge in [0.1, 0.15) is 10.7 Å². The van der Waals surface area contributed by atoms with E-state index in [0.29, 0.717) is 22.4 Å². The molecular formula is C12H12BrFO2S. The number of sulfone groups is 1. The number of rotatable bonds is 1. The van der Waals surface area contributed by atoms with Crippen molar-refractivity contribution in [1.29, 1.82) is 0 Å². The van der Waals surface area contributed by atoms with Gasteiger partial charge in [0.2, 0.25) is 0 Å². The zero-order valence-corrected chi connectivity index (χ0v) is 11.5. The van der Waals surface area contributed by atoms with E-state index in [1.165, 1.54) is 6.07 Å². The van der Waals surface area contributed by atoms with E-state index in [-0.39, 0.29) is 16.6 Å². The molecule has 1 aromatic carbocycles. The van der Waals surface area contributed by atoms with Gasteiger partial charge in [-0.15, -0.1) is 0 Å². The van der Waals surface area contributed by atoms with Crippen molar-refractivity contribution in [2.75, 3.05) is 5.75 Å². The summed E-state index contributed by atoms with van der Waals surface area (Å²) in [6.07, 6.45) is 2.91. The van der Waals surface area contributed by atoms with Crippen molar-refractivity contribution in [2.24, 2.45) is 5.92 Å². The SMILES string of the molecule is O=S1(=O)CCC(C2CC2)c2cc(Br)cc(F)c21. The normalized spacial score (nSPS) is 26.6. The van der Waals surface area contributed by atoms with Gasteiger partial charge in [-0.2, -0.15) is 0 Å². The number of fused-ring (bicyclic) bond motifs is 1. The highest BCUT2D eigenvalue weighted by atomic mass is 79.9. The maximum absolute atomic E-state index is 13.9. The number of hydrogen-bond acceptors (Lipinski definition) is 2. The Hall–Kier alpha value is -0.420. The summed E-state index contributed by atoms with van der Waals surface area (Å²) in [5, 5.41) is 0. The minimum atomic E-state index is -3.42. The predicted octanol–water partition coefficient (Wildman–Crippen LogP) is 3.26. The van der Waals surface area contributed by atoms with Crippen LogP contribution in [0.25, 0.3) is 0 Å². The Kier molecular flexibility index (Phi) is 2.60. The quantitative estimate of drug-likeness (QED) is 0.796. The van der Waals surface area contributed by atoms with Crippen LogP contribution >= 0.6 is 15.9 Å². The fourth-order valence-electron chi connectivity index (χ4n) is 2.71. The molecule has 1 aromatic rings. The molecule has 1 aliphatic heterocycles. The molecule has 0 amide bonds. The van der Waals surface area contributed by atoms with Crippen LogP contribution in [0, 0.1) is 11.7 Å². The smallest absolute Gasteiger partial charge is 0.181 e. The molecule has 0 saturated heterocycles. The second-order valence-electron chi connectivity index (χ2n) is 4.86. The van der Waals surface area contributed by atoms with Crippen LogP contribution in [0.4, 0.5) is 4.39 Å². The molecule has 0 spiro atoms. The summed E-state index contributed by atoms with van der Waals surface area (Å²) >= 11 is 3.24. The van der Waals surface area contributed by atoms with Crippen LogP contribution in [0.1, 0.15) is 30.7 Å². The van der Waals surface area contributed by atoms with Crippen molar-refractivity contribution in [2.45, 2.75) is 30.1 Å². The molecule has 0 aromatic heterocycles. The standard InChI is InChI=1S/C12H12BrFO2S/c13-8-5-10-9(7-1-2-7)3-4-17(15,16)12(10)11(14)6-8/h5-7,9H,1-4H2. The third-order valence-corrected chi connectivity index (χ3v) is 5.92. The van der Waals surface area contributed by atoms with E-state index < -0.39 is 15.7 Å². The molecule has 17 heavy (non-hydrogen) atoms. The Morgan fingerprint density at radius 2 is 1.94 bits per heavy atom. The van der Waals surface area contributed by atoms with Crippen molar-refractivity contribution in [3.63, 3.8) is 0 Å². The van der Waals surface area contributed by atoms with Crippen molar-refractivity contribution < 1.29 is 12.8 Å². The molecule has 1 fully saturated rings. The van der Waals surface area contributed by atoms with Gasteiger partial charge in [-0.05, 0) is 48.8 Å². The van der Waals surface area contributed by atoms with Crippen molar-refractivity contribution >= 4 is 25.8 Å². The van der Waals surface area contributed by atoms with E-state index >= 15 is 0 Å². The summed E-state index contributed by atoms with van der Waals surface area (Å²) in [4.78, 5) is -0.0520. The van der Waals surface area contributed by atoms with Gasteiger partial charge in [0.15, 0.2) is 9.84 Å². The maximum Gasteiger partial charge on any atom is 0.181 e. The first-order valence-corrected chi connectivity index (χ1v) is 8.15. The summed E-state index contributed by atoms with van der Waals surface area (Å²) in [6.45, 7) is 0. The summed E-state index contributed by atoms with van der Waals surface area (Å²) in [5.74, 6) is 0.248. The molecule has 0 radical (unpaired) electrons. The molecule has 1 aliphatic carbocycles. The maximum atomic E-state index is 13.9. The van der Waals surface area contributed by atoms with Gasteiger partial charge >= 0.3 is 0 Å². The van der Waals surface area contributed by atoms with Gasteiger partial charge in [0, 0.05) is 4.47 Å². The second-order valence-corrected chi connectivity index (χ2v) is 7.82. The Morgan fingerprint density at radius 1 is 1.24 bits per heavy atom. The number of benzene rings is 1. The van der Waals surface area contributed by atoms with Gasteiger partial charge in [0.05, 0.1) is 5.75 Å². The van der Waals surface area contributed by atoms with Gasteiger partial charge in [-0.25, -0.2) is 12.8 Å². The fraction of sp³-hybridized carbons (Fsp3) is 0.500. The van der Waals surface area contributed by atoms with E-state index in [0.717, 1.165) is 12.8 Å². The van der Waals surface area contributed by atoms with E-state index in [9.17, 15) is 12.8 Å². The lowest BCUT2D eigenvalue weighted by Gasteiger charge is -2.26. The predicted molar refractivity (Wildman–Crippen MR) is 66.2 cm³/mol. The molecule has 2 aliphatic rings. The molecular weight excluding hydrogens is 307 g/mol. The second kappa shape index (κ2) is 3.79. The van der Waals surface area contributed by atoms with Gasteiger partial charge in [-0.1, -0.05) is 15.9 Å². The summed E-state index contributed by atoms with van der Waals surface area (Å²) in [7, 11) is -3.42. The van der Waals surface area contributed by atoms with Crippen LogP contribution < -0.4 is 0 Å². The van der Waals surface area contributed by atoms with E-state index in [1.54, 1.807) is 6.07 Å². The molecule has 5 heteroatoms. The molecule has 1 atom stereocenters. The average molecular weight is 319 g/mol. The number of hydrogen-bond donors (Lipinski definition) is 0. The van der Waals surface area contributed by atoms with E-state index in [2.05, 4.69) is 15.9 Å². The Morgan fingerprint density at radius 3 is 2.59 bits per heavy atom. The summed E-state index contributed by atoms with van der Waals surface area (Å²) in [5.41, 5.74) is 0.686. The van der Waals surface area contributed by atoms with Crippen LogP contribution in [0.2, 0.25) is 0 Å². The lowest BCUT2D eigenvalue weighted by atomic mass is 9.91. The van der Waals surface area contributed by atoms with Crippen molar-refractivity contribution in [1.82, 2.24) is 0 Å². The summed E-state index contributed by atoms with van der Waals surface area (Å²) in [6, 6.07) is 3.02. The van der Waals surface area contributed by atoms with Crippen molar-refractivity contribution in [3.05, 3.63) is 28.0 Å². The third-order valence-electron chi connectivity index (χ3n) is 3.64. The molecule has 1 heterocycles. The van der Waals surface area contributed by atoms with E-state index in [1.807, 2.05) is 0 Å².